The second-order valence-corrected chi connectivity index (χ2v) is 8.96. The van der Waals surface area contributed by atoms with E-state index in [2.05, 4.69) is 49.4 Å². The average molecular weight is 429 g/mol. The van der Waals surface area contributed by atoms with Crippen molar-refractivity contribution in [1.82, 2.24) is 19.5 Å². The monoisotopic (exact) mass is 428 g/mol. The number of imidazole rings is 2. The molecule has 2 aromatic carbocycles. The molecule has 3 heterocycles. The molecule has 4 aromatic rings. The summed E-state index contributed by atoms with van der Waals surface area (Å²) in [5, 5.41) is 3.63. The first-order valence-corrected chi connectivity index (χ1v) is 11.7. The number of nitrogens with one attached hydrogen (secondary N) is 3. The topological polar surface area (TPSA) is 81.7 Å². The fourth-order valence-corrected chi connectivity index (χ4v) is 5.20. The van der Waals surface area contributed by atoms with Crippen molar-refractivity contribution in [3.63, 3.8) is 0 Å². The van der Waals surface area contributed by atoms with Crippen LogP contribution < -0.4 is 15.9 Å². The van der Waals surface area contributed by atoms with Crippen molar-refractivity contribution < 1.29 is 0 Å². The van der Waals surface area contributed by atoms with E-state index in [9.17, 15) is 4.79 Å². The molecule has 1 aliphatic carbocycles. The molecule has 3 N–H and O–H groups in total. The third kappa shape index (κ3) is 3.38. The van der Waals surface area contributed by atoms with Crippen molar-refractivity contribution in [3.8, 4) is 16.9 Å². The van der Waals surface area contributed by atoms with E-state index < -0.39 is 0 Å². The third-order valence-corrected chi connectivity index (χ3v) is 6.87. The van der Waals surface area contributed by atoms with Gasteiger partial charge in [-0.05, 0) is 56.0 Å². The van der Waals surface area contributed by atoms with Crippen LogP contribution in [0.1, 0.15) is 38.5 Å². The summed E-state index contributed by atoms with van der Waals surface area (Å²) in [5.74, 6) is 0.806. The van der Waals surface area contributed by atoms with Gasteiger partial charge in [-0.3, -0.25) is 9.55 Å². The average Bonchev–Trinajstić information content (AvgIpc) is 3.61. The van der Waals surface area contributed by atoms with E-state index in [-0.39, 0.29) is 5.69 Å². The van der Waals surface area contributed by atoms with Crippen LogP contribution in [0.2, 0.25) is 0 Å². The second kappa shape index (κ2) is 7.89. The molecule has 0 amide bonds. The van der Waals surface area contributed by atoms with Crippen LogP contribution in [-0.2, 0) is 0 Å². The number of rotatable bonds is 5. The van der Waals surface area contributed by atoms with E-state index in [4.69, 9.17) is 0 Å². The number of H-pyrrole nitrogens is 2. The number of fused-ring (bicyclic) bond motifs is 1. The minimum absolute atomic E-state index is 0.136. The number of hydrogen-bond donors (Lipinski definition) is 3. The number of hydrogen-bond acceptors (Lipinski definition) is 4. The summed E-state index contributed by atoms with van der Waals surface area (Å²) in [4.78, 5) is 26.2. The molecular formula is C25H28N6O. The lowest BCUT2D eigenvalue weighted by molar-refractivity contribution is 0.751. The Balaban J connectivity index is 1.46. The van der Waals surface area contributed by atoms with Crippen LogP contribution in [0.25, 0.3) is 28.0 Å². The van der Waals surface area contributed by atoms with Gasteiger partial charge in [-0.15, -0.1) is 0 Å². The van der Waals surface area contributed by atoms with Crippen molar-refractivity contribution in [3.05, 3.63) is 59.3 Å². The normalized spacial score (nSPS) is 16.9. The fourth-order valence-electron chi connectivity index (χ4n) is 5.20. The van der Waals surface area contributed by atoms with Crippen molar-refractivity contribution in [2.75, 3.05) is 23.3 Å². The maximum Gasteiger partial charge on any atom is 0.332 e. The highest BCUT2D eigenvalue weighted by Crippen LogP contribution is 2.33. The van der Waals surface area contributed by atoms with Gasteiger partial charge in [0.1, 0.15) is 5.82 Å². The largest absolute Gasteiger partial charge is 0.372 e. The van der Waals surface area contributed by atoms with Gasteiger partial charge in [0, 0.05) is 30.4 Å². The minimum atomic E-state index is -0.136. The van der Waals surface area contributed by atoms with Gasteiger partial charge >= 0.3 is 5.69 Å². The lowest BCUT2D eigenvalue weighted by Crippen LogP contribution is -2.17. The maximum atomic E-state index is 13.2. The summed E-state index contributed by atoms with van der Waals surface area (Å²) < 4.78 is 1.78. The number of aromatic nitrogens is 4. The van der Waals surface area contributed by atoms with E-state index in [1.54, 1.807) is 10.9 Å². The molecule has 0 spiro atoms. The second-order valence-electron chi connectivity index (χ2n) is 8.96. The summed E-state index contributed by atoms with van der Waals surface area (Å²) in [6.07, 6.45) is 8.94. The van der Waals surface area contributed by atoms with Crippen LogP contribution >= 0.6 is 0 Å². The highest BCUT2D eigenvalue weighted by Gasteiger charge is 2.22. The van der Waals surface area contributed by atoms with E-state index >= 15 is 0 Å². The number of aromatic amines is 2. The molecule has 7 nitrogen and oxygen atoms in total. The summed E-state index contributed by atoms with van der Waals surface area (Å²) in [6, 6.07) is 14.9. The fraction of sp³-hybridized carbons (Fsp3) is 0.360. The molecular weight excluding hydrogens is 400 g/mol. The number of anilines is 2. The molecule has 2 fully saturated rings. The third-order valence-electron chi connectivity index (χ3n) is 6.87. The van der Waals surface area contributed by atoms with E-state index in [1.165, 1.54) is 31.4 Å². The van der Waals surface area contributed by atoms with Crippen LogP contribution in [0, 0.1) is 0 Å². The van der Waals surface area contributed by atoms with Crippen LogP contribution in [0.15, 0.2) is 53.6 Å². The molecule has 32 heavy (non-hydrogen) atoms. The van der Waals surface area contributed by atoms with Gasteiger partial charge in [-0.25, -0.2) is 9.78 Å². The zero-order valence-corrected chi connectivity index (χ0v) is 18.1. The minimum Gasteiger partial charge on any atom is -0.372 e. The molecule has 0 unspecified atom stereocenters. The molecule has 164 valence electrons. The van der Waals surface area contributed by atoms with Crippen molar-refractivity contribution >= 4 is 22.5 Å². The highest BCUT2D eigenvalue weighted by molar-refractivity contribution is 5.80. The van der Waals surface area contributed by atoms with Gasteiger partial charge in [-0.1, -0.05) is 25.0 Å². The first-order chi connectivity index (χ1) is 15.8. The quantitative estimate of drug-likeness (QED) is 0.432. The van der Waals surface area contributed by atoms with Crippen molar-refractivity contribution in [2.45, 2.75) is 44.6 Å². The molecule has 7 heteroatoms. The van der Waals surface area contributed by atoms with Gasteiger partial charge in [0.15, 0.2) is 0 Å². The van der Waals surface area contributed by atoms with Crippen LogP contribution in [-0.4, -0.2) is 38.7 Å². The predicted octanol–water partition coefficient (Wildman–Crippen LogP) is 4.66. The van der Waals surface area contributed by atoms with E-state index in [1.807, 2.05) is 18.2 Å². The summed E-state index contributed by atoms with van der Waals surface area (Å²) >= 11 is 0. The molecule has 6 rings (SSSR count). The summed E-state index contributed by atoms with van der Waals surface area (Å²) in [6.45, 7) is 2.24. The smallest absolute Gasteiger partial charge is 0.332 e. The molecule has 2 aromatic heterocycles. The molecule has 1 saturated carbocycles. The zero-order chi connectivity index (χ0) is 21.5. The Morgan fingerprint density at radius 1 is 0.938 bits per heavy atom. The van der Waals surface area contributed by atoms with Crippen LogP contribution in [0.3, 0.4) is 0 Å². The maximum absolute atomic E-state index is 13.2. The molecule has 0 radical (unpaired) electrons. The Kier molecular flexibility index (Phi) is 4.74. The summed E-state index contributed by atoms with van der Waals surface area (Å²) in [7, 11) is 0. The Bertz CT molecular complexity index is 1290. The molecule has 1 saturated heterocycles. The first kappa shape index (κ1) is 19.2. The molecule has 0 bridgehead atoms. The molecule has 0 atom stereocenters. The summed E-state index contributed by atoms with van der Waals surface area (Å²) in [5.41, 5.74) is 5.64. The Morgan fingerprint density at radius 2 is 1.69 bits per heavy atom. The number of benzene rings is 2. The predicted molar refractivity (Wildman–Crippen MR) is 129 cm³/mol. The van der Waals surface area contributed by atoms with Gasteiger partial charge in [-0.2, -0.15) is 0 Å². The first-order valence-electron chi connectivity index (χ1n) is 11.7. The van der Waals surface area contributed by atoms with Gasteiger partial charge < -0.3 is 15.2 Å². The van der Waals surface area contributed by atoms with E-state index in [0.717, 1.165) is 59.7 Å². The standard InChI is InChI=1S/C25H28N6O/c32-25-29-24(28-18-5-1-2-6-18)23(17-7-9-19(10-8-17)30-13-3-4-14-30)31(25)20-11-12-21-22(15-20)27-16-26-21/h7-12,15-16,18,28H,1-6,13-14H2,(H,26,27)(H,29,32). The molecule has 1 aliphatic heterocycles. The Hall–Kier alpha value is -3.48. The van der Waals surface area contributed by atoms with E-state index in [0.29, 0.717) is 6.04 Å². The zero-order valence-electron chi connectivity index (χ0n) is 18.1. The lowest BCUT2D eigenvalue weighted by Gasteiger charge is -2.19. The van der Waals surface area contributed by atoms with Crippen LogP contribution in [0.4, 0.5) is 11.5 Å². The number of nitrogens with zero attached hydrogens (tertiary/aromatic N) is 3. The van der Waals surface area contributed by atoms with Gasteiger partial charge in [0.2, 0.25) is 0 Å². The van der Waals surface area contributed by atoms with Gasteiger partial charge in [0.05, 0.1) is 28.7 Å². The Labute approximate surface area is 186 Å². The van der Waals surface area contributed by atoms with Crippen molar-refractivity contribution in [1.29, 1.82) is 0 Å². The highest BCUT2D eigenvalue weighted by atomic mass is 16.1. The van der Waals surface area contributed by atoms with Gasteiger partial charge in [0.25, 0.3) is 0 Å². The lowest BCUT2D eigenvalue weighted by atomic mass is 10.1. The Morgan fingerprint density at radius 3 is 2.47 bits per heavy atom. The SMILES string of the molecule is O=c1[nH]c(NC2CCCC2)c(-c2ccc(N3CCCC3)cc2)n1-c1ccc2nc[nH]c2c1. The van der Waals surface area contributed by atoms with Crippen molar-refractivity contribution in [2.24, 2.45) is 0 Å². The molecule has 2 aliphatic rings. The van der Waals surface area contributed by atoms with Crippen LogP contribution in [0.5, 0.6) is 0 Å².